The van der Waals surface area contributed by atoms with Gasteiger partial charge in [-0.1, -0.05) is 38.1 Å². The Hall–Kier alpha value is -1.76. The van der Waals surface area contributed by atoms with E-state index in [1.807, 2.05) is 0 Å². The van der Waals surface area contributed by atoms with Crippen LogP contribution in [0.15, 0.2) is 36.4 Å². The van der Waals surface area contributed by atoms with Gasteiger partial charge in [-0.25, -0.2) is 0 Å². The van der Waals surface area contributed by atoms with Crippen molar-refractivity contribution in [3.8, 4) is 0 Å². The van der Waals surface area contributed by atoms with Gasteiger partial charge >= 0.3 is 0 Å². The van der Waals surface area contributed by atoms with Crippen molar-refractivity contribution in [3.05, 3.63) is 47.5 Å². The molecule has 0 spiro atoms. The van der Waals surface area contributed by atoms with Crippen LogP contribution in [-0.2, 0) is 13.0 Å². The number of fused-ring (bicyclic) bond motifs is 5. The normalized spacial score (nSPS) is 18.0. The second kappa shape index (κ2) is 4.37. The first-order chi connectivity index (χ1) is 9.81. The Morgan fingerprint density at radius 1 is 1.10 bits per heavy atom. The zero-order chi connectivity index (χ0) is 13.7. The lowest BCUT2D eigenvalue weighted by atomic mass is 9.99. The Kier molecular flexibility index (Phi) is 2.63. The molecule has 1 aliphatic rings. The lowest BCUT2D eigenvalue weighted by molar-refractivity contribution is 0.724. The maximum absolute atomic E-state index is 2.51. The van der Waals surface area contributed by atoms with Crippen LogP contribution in [0, 0.1) is 0 Å². The highest BCUT2D eigenvalue weighted by atomic mass is 15.0. The molecule has 1 nitrogen and oxygen atoms in total. The Balaban J connectivity index is 2.17. The van der Waals surface area contributed by atoms with Gasteiger partial charge in [0.05, 0.1) is 0 Å². The molecule has 0 fully saturated rings. The first-order valence-electron chi connectivity index (χ1n) is 7.84. The van der Waals surface area contributed by atoms with E-state index in [0.29, 0.717) is 0 Å². The minimum atomic E-state index is 0.725. The third-order valence-electron chi connectivity index (χ3n) is 4.89. The van der Waals surface area contributed by atoms with Crippen LogP contribution in [0.25, 0.3) is 21.8 Å². The lowest BCUT2D eigenvalue weighted by Crippen LogP contribution is -1.96. The smallest absolute Gasteiger partial charge is 0.0494 e. The SMILES string of the molecule is CCCn1c2ccccc2c2c3c(ccc21)C(C)CC3. The number of benzene rings is 2. The van der Waals surface area contributed by atoms with Gasteiger partial charge in [0.25, 0.3) is 0 Å². The van der Waals surface area contributed by atoms with Crippen molar-refractivity contribution in [1.29, 1.82) is 0 Å². The zero-order valence-electron chi connectivity index (χ0n) is 12.3. The summed E-state index contributed by atoms with van der Waals surface area (Å²) in [6.45, 7) is 5.73. The van der Waals surface area contributed by atoms with Crippen LogP contribution in [-0.4, -0.2) is 4.57 Å². The van der Waals surface area contributed by atoms with Crippen LogP contribution < -0.4 is 0 Å². The molecular weight excluding hydrogens is 242 g/mol. The fourth-order valence-corrected chi connectivity index (χ4v) is 3.94. The monoisotopic (exact) mass is 263 g/mol. The van der Waals surface area contributed by atoms with E-state index in [1.54, 1.807) is 11.1 Å². The van der Waals surface area contributed by atoms with Crippen molar-refractivity contribution < 1.29 is 0 Å². The summed E-state index contributed by atoms with van der Waals surface area (Å²) in [5.41, 5.74) is 6.02. The average Bonchev–Trinajstić information content (AvgIpc) is 3.00. The summed E-state index contributed by atoms with van der Waals surface area (Å²) >= 11 is 0. The minimum absolute atomic E-state index is 0.725. The van der Waals surface area contributed by atoms with Crippen molar-refractivity contribution >= 4 is 21.8 Å². The third kappa shape index (κ3) is 1.49. The molecule has 1 heterocycles. The molecule has 0 radical (unpaired) electrons. The molecule has 3 aromatic rings. The molecule has 0 amide bonds. The van der Waals surface area contributed by atoms with E-state index >= 15 is 0 Å². The van der Waals surface area contributed by atoms with Gasteiger partial charge < -0.3 is 4.57 Å². The van der Waals surface area contributed by atoms with Crippen molar-refractivity contribution in [2.24, 2.45) is 0 Å². The van der Waals surface area contributed by atoms with E-state index in [-0.39, 0.29) is 0 Å². The summed E-state index contributed by atoms with van der Waals surface area (Å²) in [6.07, 6.45) is 3.73. The number of rotatable bonds is 2. The van der Waals surface area contributed by atoms with Gasteiger partial charge in [0.15, 0.2) is 0 Å². The predicted molar refractivity (Wildman–Crippen MR) is 86.5 cm³/mol. The first-order valence-corrected chi connectivity index (χ1v) is 7.84. The quantitative estimate of drug-likeness (QED) is 0.594. The van der Waals surface area contributed by atoms with E-state index in [2.05, 4.69) is 54.8 Å². The van der Waals surface area contributed by atoms with Gasteiger partial charge in [-0.3, -0.25) is 0 Å². The fourth-order valence-electron chi connectivity index (χ4n) is 3.94. The summed E-state index contributed by atoms with van der Waals surface area (Å²) in [6, 6.07) is 13.6. The summed E-state index contributed by atoms with van der Waals surface area (Å²) in [5, 5.41) is 2.97. The molecule has 20 heavy (non-hydrogen) atoms. The fraction of sp³-hybridized carbons (Fsp3) is 0.368. The molecule has 1 heteroatoms. The highest BCUT2D eigenvalue weighted by Gasteiger charge is 2.23. The molecule has 0 saturated carbocycles. The number of hydrogen-bond acceptors (Lipinski definition) is 0. The Morgan fingerprint density at radius 2 is 1.95 bits per heavy atom. The lowest BCUT2D eigenvalue weighted by Gasteiger charge is -2.08. The summed E-state index contributed by atoms with van der Waals surface area (Å²) in [4.78, 5) is 0. The van der Waals surface area contributed by atoms with Crippen molar-refractivity contribution in [3.63, 3.8) is 0 Å². The topological polar surface area (TPSA) is 4.93 Å². The van der Waals surface area contributed by atoms with Crippen molar-refractivity contribution in [2.75, 3.05) is 0 Å². The molecule has 1 unspecified atom stereocenters. The summed E-state index contributed by atoms with van der Waals surface area (Å²) in [7, 11) is 0. The van der Waals surface area contributed by atoms with Gasteiger partial charge in [0, 0.05) is 28.4 Å². The van der Waals surface area contributed by atoms with Gasteiger partial charge in [0.1, 0.15) is 0 Å². The van der Waals surface area contributed by atoms with Crippen LogP contribution in [0.3, 0.4) is 0 Å². The van der Waals surface area contributed by atoms with E-state index < -0.39 is 0 Å². The largest absolute Gasteiger partial charge is 0.340 e. The summed E-state index contributed by atoms with van der Waals surface area (Å²) < 4.78 is 2.51. The second-order valence-electron chi connectivity index (χ2n) is 6.14. The van der Waals surface area contributed by atoms with Gasteiger partial charge in [0.2, 0.25) is 0 Å². The average molecular weight is 263 g/mol. The molecule has 1 atom stereocenters. The predicted octanol–water partition coefficient (Wildman–Crippen LogP) is 5.25. The van der Waals surface area contributed by atoms with Crippen LogP contribution in [0.4, 0.5) is 0 Å². The Labute approximate surface area is 120 Å². The molecular formula is C19H21N. The second-order valence-corrected chi connectivity index (χ2v) is 6.14. The van der Waals surface area contributed by atoms with E-state index in [4.69, 9.17) is 0 Å². The highest BCUT2D eigenvalue weighted by Crippen LogP contribution is 2.41. The minimum Gasteiger partial charge on any atom is -0.340 e. The Bertz CT molecular complexity index is 794. The van der Waals surface area contributed by atoms with Crippen LogP contribution in [0.2, 0.25) is 0 Å². The summed E-state index contributed by atoms with van der Waals surface area (Å²) in [5.74, 6) is 0.725. The van der Waals surface area contributed by atoms with Gasteiger partial charge in [-0.15, -0.1) is 0 Å². The number of aryl methyl sites for hydroxylation is 2. The van der Waals surface area contributed by atoms with Crippen LogP contribution >= 0.6 is 0 Å². The van der Waals surface area contributed by atoms with Crippen LogP contribution in [0.5, 0.6) is 0 Å². The molecule has 1 aliphatic carbocycles. The zero-order valence-corrected chi connectivity index (χ0v) is 12.3. The van der Waals surface area contributed by atoms with Crippen LogP contribution in [0.1, 0.15) is 43.7 Å². The van der Waals surface area contributed by atoms with E-state index in [0.717, 1.165) is 12.5 Å². The van der Waals surface area contributed by atoms with E-state index in [9.17, 15) is 0 Å². The number of para-hydroxylation sites is 1. The molecule has 0 aliphatic heterocycles. The van der Waals surface area contributed by atoms with Gasteiger partial charge in [-0.2, -0.15) is 0 Å². The standard InChI is InChI=1S/C19H21N/c1-3-12-20-17-7-5-4-6-16(17)19-15-9-8-13(2)14(15)10-11-18(19)20/h4-7,10-11,13H,3,8-9,12H2,1-2H3. The molecule has 0 saturated heterocycles. The maximum Gasteiger partial charge on any atom is 0.0494 e. The third-order valence-corrected chi connectivity index (χ3v) is 4.89. The number of nitrogens with zero attached hydrogens (tertiary/aromatic N) is 1. The van der Waals surface area contributed by atoms with Crippen molar-refractivity contribution in [2.45, 2.75) is 45.6 Å². The number of hydrogen-bond donors (Lipinski definition) is 0. The van der Waals surface area contributed by atoms with Gasteiger partial charge in [-0.05, 0) is 48.4 Å². The number of aromatic nitrogens is 1. The van der Waals surface area contributed by atoms with Crippen molar-refractivity contribution in [1.82, 2.24) is 4.57 Å². The molecule has 4 rings (SSSR count). The molecule has 1 aromatic heterocycles. The molecule has 0 bridgehead atoms. The first kappa shape index (κ1) is 12.0. The molecule has 0 N–H and O–H groups in total. The maximum atomic E-state index is 2.51. The highest BCUT2D eigenvalue weighted by molar-refractivity contribution is 6.10. The molecule has 102 valence electrons. The molecule has 2 aromatic carbocycles. The van der Waals surface area contributed by atoms with E-state index in [1.165, 1.54) is 41.1 Å². The Morgan fingerprint density at radius 3 is 2.80 bits per heavy atom.